The molecule has 1 atom stereocenters. The molecule has 0 heterocycles. The molecule has 94 valence electrons. The molecule has 0 spiro atoms. The minimum Gasteiger partial charge on any atom is -0.395 e. The van der Waals surface area contributed by atoms with Gasteiger partial charge in [-0.3, -0.25) is 4.90 Å². The van der Waals surface area contributed by atoms with Crippen molar-refractivity contribution in [3.05, 3.63) is 24.0 Å². The number of halogens is 1. The van der Waals surface area contributed by atoms with Crippen LogP contribution >= 0.6 is 0 Å². The van der Waals surface area contributed by atoms with Crippen LogP contribution in [0.3, 0.4) is 0 Å². The Kier molecular flexibility index (Phi) is 3.52. The molecule has 3 N–H and O–H groups in total. The van der Waals surface area contributed by atoms with Gasteiger partial charge in [0.15, 0.2) is 0 Å². The molecule has 0 amide bonds. The Bertz CT molecular complexity index is 390. The fourth-order valence-corrected chi connectivity index (χ4v) is 1.93. The van der Waals surface area contributed by atoms with Gasteiger partial charge in [0.05, 0.1) is 11.4 Å². The van der Waals surface area contributed by atoms with Crippen molar-refractivity contribution in [2.75, 3.05) is 24.6 Å². The Morgan fingerprint density at radius 1 is 1.53 bits per heavy atom. The highest BCUT2D eigenvalue weighted by Crippen LogP contribution is 2.27. The molecule has 1 aliphatic carbocycles. The number of para-hydroxylation sites is 1. The Morgan fingerprint density at radius 3 is 2.88 bits per heavy atom. The van der Waals surface area contributed by atoms with Gasteiger partial charge in [-0.25, -0.2) is 4.39 Å². The van der Waals surface area contributed by atoms with Gasteiger partial charge < -0.3 is 11.1 Å². The molecule has 0 radical (unpaired) electrons. The van der Waals surface area contributed by atoms with Gasteiger partial charge in [0.1, 0.15) is 5.82 Å². The molecule has 4 heteroatoms. The molecule has 0 saturated heterocycles. The van der Waals surface area contributed by atoms with E-state index < -0.39 is 0 Å². The predicted octanol–water partition coefficient (Wildman–Crippen LogP) is 2.30. The van der Waals surface area contributed by atoms with Crippen molar-refractivity contribution in [1.82, 2.24) is 4.90 Å². The van der Waals surface area contributed by atoms with Crippen LogP contribution in [-0.4, -0.2) is 30.6 Å². The third kappa shape index (κ3) is 2.88. The zero-order valence-electron chi connectivity index (χ0n) is 10.4. The van der Waals surface area contributed by atoms with Crippen molar-refractivity contribution in [1.29, 1.82) is 0 Å². The molecule has 1 aromatic carbocycles. The molecule has 1 fully saturated rings. The van der Waals surface area contributed by atoms with Gasteiger partial charge in [-0.2, -0.15) is 0 Å². The largest absolute Gasteiger partial charge is 0.395 e. The van der Waals surface area contributed by atoms with Crippen molar-refractivity contribution in [3.8, 4) is 0 Å². The number of benzene rings is 1. The lowest BCUT2D eigenvalue weighted by atomic mass is 10.2. The first-order valence-corrected chi connectivity index (χ1v) is 6.09. The van der Waals surface area contributed by atoms with Crippen molar-refractivity contribution in [2.45, 2.75) is 31.8 Å². The third-order valence-electron chi connectivity index (χ3n) is 3.46. The summed E-state index contributed by atoms with van der Waals surface area (Å²) in [6.07, 6.45) is 2.59. The SMILES string of the molecule is CC(CNc1cccc(F)c1N)N(C)C1CC1. The van der Waals surface area contributed by atoms with Gasteiger partial charge in [-0.15, -0.1) is 0 Å². The van der Waals surface area contributed by atoms with Crippen LogP contribution in [0.15, 0.2) is 18.2 Å². The van der Waals surface area contributed by atoms with Crippen molar-refractivity contribution in [3.63, 3.8) is 0 Å². The normalized spacial score (nSPS) is 17.2. The van der Waals surface area contributed by atoms with E-state index in [2.05, 4.69) is 24.2 Å². The van der Waals surface area contributed by atoms with Crippen LogP contribution in [-0.2, 0) is 0 Å². The van der Waals surface area contributed by atoms with E-state index in [0.717, 1.165) is 12.6 Å². The third-order valence-corrected chi connectivity index (χ3v) is 3.46. The van der Waals surface area contributed by atoms with Crippen LogP contribution in [0.25, 0.3) is 0 Å². The van der Waals surface area contributed by atoms with Gasteiger partial charge in [-0.05, 0) is 38.9 Å². The van der Waals surface area contributed by atoms with Crippen LogP contribution in [0.2, 0.25) is 0 Å². The highest BCUT2D eigenvalue weighted by molar-refractivity contribution is 5.66. The number of anilines is 2. The summed E-state index contributed by atoms with van der Waals surface area (Å²) in [6, 6.07) is 6.01. The summed E-state index contributed by atoms with van der Waals surface area (Å²) in [5.74, 6) is -0.363. The second-order valence-corrected chi connectivity index (χ2v) is 4.83. The van der Waals surface area contributed by atoms with E-state index in [-0.39, 0.29) is 11.5 Å². The molecule has 3 nitrogen and oxygen atoms in total. The molecule has 17 heavy (non-hydrogen) atoms. The molecule has 1 unspecified atom stereocenters. The lowest BCUT2D eigenvalue weighted by Gasteiger charge is -2.25. The molecule has 1 aromatic rings. The summed E-state index contributed by atoms with van der Waals surface area (Å²) in [5, 5.41) is 3.21. The lowest BCUT2D eigenvalue weighted by molar-refractivity contribution is 0.257. The van der Waals surface area contributed by atoms with E-state index >= 15 is 0 Å². The second kappa shape index (κ2) is 4.92. The van der Waals surface area contributed by atoms with E-state index in [1.807, 2.05) is 6.07 Å². The summed E-state index contributed by atoms with van der Waals surface area (Å²) >= 11 is 0. The molecule has 1 saturated carbocycles. The zero-order chi connectivity index (χ0) is 12.4. The molecule has 2 rings (SSSR count). The Hall–Kier alpha value is -1.29. The molecule has 0 aromatic heterocycles. The smallest absolute Gasteiger partial charge is 0.148 e. The van der Waals surface area contributed by atoms with Crippen LogP contribution in [0.5, 0.6) is 0 Å². The van der Waals surface area contributed by atoms with E-state index in [4.69, 9.17) is 5.73 Å². The van der Waals surface area contributed by atoms with Crippen molar-refractivity contribution >= 4 is 11.4 Å². The van der Waals surface area contributed by atoms with Crippen LogP contribution < -0.4 is 11.1 Å². The van der Waals surface area contributed by atoms with E-state index in [9.17, 15) is 4.39 Å². The maximum absolute atomic E-state index is 13.2. The number of hydrogen-bond acceptors (Lipinski definition) is 3. The quantitative estimate of drug-likeness (QED) is 0.772. The number of rotatable bonds is 5. The first-order chi connectivity index (χ1) is 8.09. The fraction of sp³-hybridized carbons (Fsp3) is 0.538. The fourth-order valence-electron chi connectivity index (χ4n) is 1.93. The van der Waals surface area contributed by atoms with Gasteiger partial charge in [0, 0.05) is 18.6 Å². The lowest BCUT2D eigenvalue weighted by Crippen LogP contribution is -2.36. The molecule has 1 aliphatic rings. The van der Waals surface area contributed by atoms with E-state index in [1.54, 1.807) is 6.07 Å². The topological polar surface area (TPSA) is 41.3 Å². The minimum absolute atomic E-state index is 0.203. The molecule has 0 aliphatic heterocycles. The number of likely N-dealkylation sites (N-methyl/N-ethyl adjacent to an activating group) is 1. The van der Waals surface area contributed by atoms with Gasteiger partial charge in [0.25, 0.3) is 0 Å². The summed E-state index contributed by atoms with van der Waals surface area (Å²) in [5.41, 5.74) is 6.55. The number of nitrogen functional groups attached to an aromatic ring is 1. The average Bonchev–Trinajstić information content (AvgIpc) is 3.13. The van der Waals surface area contributed by atoms with Crippen LogP contribution in [0.1, 0.15) is 19.8 Å². The summed E-state index contributed by atoms with van der Waals surface area (Å²) in [4.78, 5) is 2.36. The van der Waals surface area contributed by atoms with Crippen LogP contribution in [0.4, 0.5) is 15.8 Å². The number of hydrogen-bond donors (Lipinski definition) is 2. The maximum atomic E-state index is 13.2. The Morgan fingerprint density at radius 2 is 2.24 bits per heavy atom. The highest BCUT2D eigenvalue weighted by Gasteiger charge is 2.28. The highest BCUT2D eigenvalue weighted by atomic mass is 19.1. The Labute approximate surface area is 102 Å². The summed E-state index contributed by atoms with van der Waals surface area (Å²) in [6.45, 7) is 2.95. The maximum Gasteiger partial charge on any atom is 0.148 e. The van der Waals surface area contributed by atoms with Crippen molar-refractivity contribution < 1.29 is 4.39 Å². The standard InChI is InChI=1S/C13H20FN3/c1-9(17(2)10-6-7-10)8-16-12-5-3-4-11(14)13(12)15/h3-5,9-10,16H,6-8,15H2,1-2H3. The minimum atomic E-state index is -0.363. The number of nitrogens with one attached hydrogen (secondary N) is 1. The number of nitrogens with two attached hydrogens (primary N) is 1. The molecular weight excluding hydrogens is 217 g/mol. The first-order valence-electron chi connectivity index (χ1n) is 6.09. The first kappa shape index (κ1) is 12.2. The average molecular weight is 237 g/mol. The summed E-state index contributed by atoms with van der Waals surface area (Å²) in [7, 11) is 2.14. The predicted molar refractivity (Wildman–Crippen MR) is 69.5 cm³/mol. The molecular formula is C13H20FN3. The van der Waals surface area contributed by atoms with Gasteiger partial charge in [0.2, 0.25) is 0 Å². The summed E-state index contributed by atoms with van der Waals surface area (Å²) < 4.78 is 13.2. The van der Waals surface area contributed by atoms with E-state index in [0.29, 0.717) is 11.7 Å². The monoisotopic (exact) mass is 237 g/mol. The Balaban J connectivity index is 1.90. The van der Waals surface area contributed by atoms with Crippen molar-refractivity contribution in [2.24, 2.45) is 0 Å². The number of nitrogens with zero attached hydrogens (tertiary/aromatic N) is 1. The van der Waals surface area contributed by atoms with Gasteiger partial charge in [-0.1, -0.05) is 6.07 Å². The zero-order valence-corrected chi connectivity index (χ0v) is 10.4. The second-order valence-electron chi connectivity index (χ2n) is 4.83. The van der Waals surface area contributed by atoms with Crippen LogP contribution in [0, 0.1) is 5.82 Å². The van der Waals surface area contributed by atoms with Gasteiger partial charge >= 0.3 is 0 Å². The van der Waals surface area contributed by atoms with E-state index in [1.165, 1.54) is 18.9 Å². The molecule has 0 bridgehead atoms.